The second kappa shape index (κ2) is 11.2. The van der Waals surface area contributed by atoms with Crippen LogP contribution < -0.4 is 20.1 Å². The molecule has 0 radical (unpaired) electrons. The fourth-order valence-electron chi connectivity index (χ4n) is 2.54. The van der Waals surface area contributed by atoms with E-state index in [9.17, 15) is 9.59 Å². The first-order chi connectivity index (χ1) is 13.6. The molecular formula is C21H26N2O4S. The van der Waals surface area contributed by atoms with E-state index in [2.05, 4.69) is 10.6 Å². The zero-order valence-electron chi connectivity index (χ0n) is 16.4. The van der Waals surface area contributed by atoms with Crippen LogP contribution in [-0.2, 0) is 11.3 Å². The van der Waals surface area contributed by atoms with Crippen molar-refractivity contribution >= 4 is 23.6 Å². The second-order valence-corrected chi connectivity index (χ2v) is 7.09. The van der Waals surface area contributed by atoms with Gasteiger partial charge in [0.15, 0.2) is 0 Å². The Morgan fingerprint density at radius 3 is 2.07 bits per heavy atom. The quantitative estimate of drug-likeness (QED) is 0.639. The third-order valence-corrected chi connectivity index (χ3v) is 4.85. The number of thioether (sulfide) groups is 1. The van der Waals surface area contributed by atoms with Crippen LogP contribution >= 0.6 is 11.8 Å². The third kappa shape index (κ3) is 6.49. The van der Waals surface area contributed by atoms with Gasteiger partial charge < -0.3 is 20.1 Å². The van der Waals surface area contributed by atoms with Crippen LogP contribution in [0.3, 0.4) is 0 Å². The van der Waals surface area contributed by atoms with E-state index in [0.717, 1.165) is 17.1 Å². The highest BCUT2D eigenvalue weighted by molar-refractivity contribution is 7.98. The SMILES string of the molecule is COc1ccc(CNC(=O)[C@H](CCSC)NC(=O)c2ccc(OC)cc2)cc1. The smallest absolute Gasteiger partial charge is 0.251 e. The molecule has 2 N–H and O–H groups in total. The number of carbonyl (C=O) groups is 2. The van der Waals surface area contributed by atoms with Gasteiger partial charge in [-0.15, -0.1) is 0 Å². The Labute approximate surface area is 170 Å². The molecule has 0 aliphatic carbocycles. The number of benzene rings is 2. The van der Waals surface area contributed by atoms with Crippen molar-refractivity contribution in [1.29, 1.82) is 0 Å². The lowest BCUT2D eigenvalue weighted by atomic mass is 10.1. The van der Waals surface area contributed by atoms with Gasteiger partial charge in [0, 0.05) is 12.1 Å². The molecule has 2 aromatic carbocycles. The van der Waals surface area contributed by atoms with Crippen molar-refractivity contribution in [3.8, 4) is 11.5 Å². The number of hydrogen-bond donors (Lipinski definition) is 2. The van der Waals surface area contributed by atoms with Gasteiger partial charge in [-0.3, -0.25) is 9.59 Å². The number of hydrogen-bond acceptors (Lipinski definition) is 5. The Morgan fingerprint density at radius 2 is 1.54 bits per heavy atom. The van der Waals surface area contributed by atoms with Crippen molar-refractivity contribution in [3.05, 3.63) is 59.7 Å². The zero-order chi connectivity index (χ0) is 20.4. The molecule has 28 heavy (non-hydrogen) atoms. The van der Waals surface area contributed by atoms with E-state index in [1.54, 1.807) is 50.2 Å². The van der Waals surface area contributed by atoms with E-state index in [-0.39, 0.29) is 11.8 Å². The summed E-state index contributed by atoms with van der Waals surface area (Å²) < 4.78 is 10.2. The van der Waals surface area contributed by atoms with Crippen LogP contribution in [0.5, 0.6) is 11.5 Å². The maximum atomic E-state index is 12.6. The topological polar surface area (TPSA) is 76.7 Å². The Bertz CT molecular complexity index is 763. The van der Waals surface area contributed by atoms with Gasteiger partial charge >= 0.3 is 0 Å². The fraction of sp³-hybridized carbons (Fsp3) is 0.333. The Morgan fingerprint density at radius 1 is 0.964 bits per heavy atom. The van der Waals surface area contributed by atoms with Crippen molar-refractivity contribution in [2.45, 2.75) is 19.0 Å². The molecule has 150 valence electrons. The van der Waals surface area contributed by atoms with E-state index in [0.29, 0.717) is 24.3 Å². The lowest BCUT2D eigenvalue weighted by Gasteiger charge is -2.18. The predicted molar refractivity (Wildman–Crippen MR) is 112 cm³/mol. The van der Waals surface area contributed by atoms with Gasteiger partial charge in [0.1, 0.15) is 17.5 Å². The first kappa shape index (κ1) is 21.6. The molecule has 7 heteroatoms. The zero-order valence-corrected chi connectivity index (χ0v) is 17.2. The molecule has 0 saturated carbocycles. The first-order valence-electron chi connectivity index (χ1n) is 8.92. The monoisotopic (exact) mass is 402 g/mol. The molecule has 0 aliphatic rings. The largest absolute Gasteiger partial charge is 0.497 e. The molecule has 2 amide bonds. The summed E-state index contributed by atoms with van der Waals surface area (Å²) in [6.07, 6.45) is 2.52. The summed E-state index contributed by atoms with van der Waals surface area (Å²) in [5.74, 6) is 1.72. The summed E-state index contributed by atoms with van der Waals surface area (Å²) in [6.45, 7) is 0.386. The van der Waals surface area contributed by atoms with Crippen LogP contribution in [0.1, 0.15) is 22.3 Å². The van der Waals surface area contributed by atoms with Gasteiger partial charge in [-0.2, -0.15) is 11.8 Å². The summed E-state index contributed by atoms with van der Waals surface area (Å²) in [5.41, 5.74) is 1.44. The van der Waals surface area contributed by atoms with E-state index in [1.165, 1.54) is 0 Å². The maximum absolute atomic E-state index is 12.6. The van der Waals surface area contributed by atoms with Gasteiger partial charge in [0.25, 0.3) is 5.91 Å². The first-order valence-corrected chi connectivity index (χ1v) is 10.3. The molecular weight excluding hydrogens is 376 g/mol. The van der Waals surface area contributed by atoms with Gasteiger partial charge in [-0.05, 0) is 60.4 Å². The molecule has 6 nitrogen and oxygen atoms in total. The number of nitrogens with one attached hydrogen (secondary N) is 2. The predicted octanol–water partition coefficient (Wildman–Crippen LogP) is 2.87. The maximum Gasteiger partial charge on any atom is 0.251 e. The van der Waals surface area contributed by atoms with Crippen LogP contribution in [0, 0.1) is 0 Å². The van der Waals surface area contributed by atoms with E-state index in [1.807, 2.05) is 30.5 Å². The molecule has 2 aromatic rings. The van der Waals surface area contributed by atoms with Gasteiger partial charge in [0.2, 0.25) is 5.91 Å². The molecule has 2 rings (SSSR count). The summed E-state index contributed by atoms with van der Waals surface area (Å²) in [4.78, 5) is 25.1. The number of methoxy groups -OCH3 is 2. The number of rotatable bonds is 10. The number of ether oxygens (including phenoxy) is 2. The molecule has 0 aromatic heterocycles. The summed E-state index contributed by atoms with van der Waals surface area (Å²) >= 11 is 1.63. The highest BCUT2D eigenvalue weighted by Crippen LogP contribution is 2.13. The minimum atomic E-state index is -0.597. The summed E-state index contributed by atoms with van der Waals surface area (Å²) in [6, 6.07) is 13.7. The minimum absolute atomic E-state index is 0.202. The van der Waals surface area contributed by atoms with Gasteiger partial charge in [-0.1, -0.05) is 12.1 Å². The van der Waals surface area contributed by atoms with Crippen molar-refractivity contribution in [2.75, 3.05) is 26.2 Å². The van der Waals surface area contributed by atoms with Crippen molar-refractivity contribution < 1.29 is 19.1 Å². The molecule has 0 saturated heterocycles. The van der Waals surface area contributed by atoms with Crippen molar-refractivity contribution in [2.24, 2.45) is 0 Å². The molecule has 0 spiro atoms. The third-order valence-electron chi connectivity index (χ3n) is 4.21. The number of carbonyl (C=O) groups excluding carboxylic acids is 2. The van der Waals surface area contributed by atoms with Crippen molar-refractivity contribution in [1.82, 2.24) is 10.6 Å². The molecule has 1 atom stereocenters. The fourth-order valence-corrected chi connectivity index (χ4v) is 3.02. The standard InChI is InChI=1S/C21H26N2O4S/c1-26-17-8-4-15(5-9-17)14-22-21(25)19(12-13-28-3)23-20(24)16-6-10-18(27-2)11-7-16/h4-11,19H,12-14H2,1-3H3,(H,22,25)(H,23,24)/t19-/m0/s1. The van der Waals surface area contributed by atoms with Crippen LogP contribution in [0.2, 0.25) is 0 Å². The van der Waals surface area contributed by atoms with Crippen LogP contribution in [0.15, 0.2) is 48.5 Å². The highest BCUT2D eigenvalue weighted by Gasteiger charge is 2.21. The van der Waals surface area contributed by atoms with Crippen LogP contribution in [-0.4, -0.2) is 44.1 Å². The van der Waals surface area contributed by atoms with Gasteiger partial charge in [0.05, 0.1) is 14.2 Å². The lowest BCUT2D eigenvalue weighted by molar-refractivity contribution is -0.123. The summed E-state index contributed by atoms with van der Waals surface area (Å²) in [7, 11) is 3.18. The molecule has 0 aliphatic heterocycles. The van der Waals surface area contributed by atoms with Gasteiger partial charge in [-0.25, -0.2) is 0 Å². The average molecular weight is 403 g/mol. The van der Waals surface area contributed by atoms with E-state index >= 15 is 0 Å². The molecule has 0 unspecified atom stereocenters. The van der Waals surface area contributed by atoms with E-state index in [4.69, 9.17) is 9.47 Å². The molecule has 0 heterocycles. The van der Waals surface area contributed by atoms with Crippen molar-refractivity contribution in [3.63, 3.8) is 0 Å². The summed E-state index contributed by atoms with van der Waals surface area (Å²) in [5, 5.41) is 5.73. The molecule has 0 bridgehead atoms. The number of amides is 2. The normalized spacial score (nSPS) is 11.4. The minimum Gasteiger partial charge on any atom is -0.497 e. The Balaban J connectivity index is 1.97. The van der Waals surface area contributed by atoms with E-state index < -0.39 is 6.04 Å². The Hall–Kier alpha value is -2.67. The Kier molecular flexibility index (Phi) is 8.68. The van der Waals surface area contributed by atoms with Crippen LogP contribution in [0.4, 0.5) is 0 Å². The highest BCUT2D eigenvalue weighted by atomic mass is 32.2. The van der Waals surface area contributed by atoms with Crippen LogP contribution in [0.25, 0.3) is 0 Å². The molecule has 0 fully saturated rings. The second-order valence-electron chi connectivity index (χ2n) is 6.10. The average Bonchev–Trinajstić information content (AvgIpc) is 2.75. The lowest BCUT2D eigenvalue weighted by Crippen LogP contribution is -2.46.